The molecule has 158 valence electrons. The maximum atomic E-state index is 12.7. The van der Waals surface area contributed by atoms with Crippen molar-refractivity contribution in [3.63, 3.8) is 0 Å². The Bertz CT molecular complexity index is 628. The van der Waals surface area contributed by atoms with Gasteiger partial charge in [0.15, 0.2) is 6.10 Å². The molecule has 1 saturated heterocycles. The average molecular weight is 412 g/mol. The van der Waals surface area contributed by atoms with Crippen molar-refractivity contribution < 1.29 is 14.3 Å². The van der Waals surface area contributed by atoms with Crippen LogP contribution in [0.1, 0.15) is 39.7 Å². The minimum atomic E-state index is -0.553. The lowest BCUT2D eigenvalue weighted by Crippen LogP contribution is -2.56. The summed E-state index contributed by atoms with van der Waals surface area (Å²) < 4.78 is 5.79. The molecule has 0 radical (unpaired) electrons. The average Bonchev–Trinajstić information content (AvgIpc) is 2.67. The Hall–Kier alpha value is -1.79. The molecule has 0 saturated carbocycles. The van der Waals surface area contributed by atoms with Gasteiger partial charge in [-0.3, -0.25) is 9.59 Å². The predicted octanol–water partition coefficient (Wildman–Crippen LogP) is 2.48. The number of nitrogens with two attached hydrogens (primary N) is 1. The van der Waals surface area contributed by atoms with E-state index < -0.39 is 12.1 Å². The molecule has 0 spiro atoms. The highest BCUT2D eigenvalue weighted by atomic mass is 35.5. The van der Waals surface area contributed by atoms with Gasteiger partial charge in [-0.1, -0.05) is 32.9 Å². The summed E-state index contributed by atoms with van der Waals surface area (Å²) in [6.07, 6.45) is 1.10. The van der Waals surface area contributed by atoms with E-state index >= 15 is 0 Å². The minimum Gasteiger partial charge on any atom is -0.481 e. The maximum Gasteiger partial charge on any atom is 0.263 e. The van der Waals surface area contributed by atoms with Gasteiger partial charge in [0, 0.05) is 26.2 Å². The lowest BCUT2D eigenvalue weighted by atomic mass is 10.0. The molecule has 7 heteroatoms. The van der Waals surface area contributed by atoms with E-state index in [1.165, 1.54) is 5.56 Å². The SMILES string of the molecule is CCc1ccc(OC(C)C(=O)N2CCN(C(=O)[C@@H](N)CC(C)C)CC2)cc1.Cl. The van der Waals surface area contributed by atoms with Crippen molar-refractivity contribution in [2.24, 2.45) is 11.7 Å². The molecule has 0 aliphatic carbocycles. The Labute approximate surface area is 174 Å². The summed E-state index contributed by atoms with van der Waals surface area (Å²) in [5, 5.41) is 0. The first-order valence-electron chi connectivity index (χ1n) is 9.90. The molecule has 2 N–H and O–H groups in total. The van der Waals surface area contributed by atoms with E-state index in [1.807, 2.05) is 24.3 Å². The van der Waals surface area contributed by atoms with Gasteiger partial charge in [0.25, 0.3) is 5.91 Å². The van der Waals surface area contributed by atoms with Crippen LogP contribution in [0.15, 0.2) is 24.3 Å². The summed E-state index contributed by atoms with van der Waals surface area (Å²) in [6, 6.07) is 7.36. The first-order chi connectivity index (χ1) is 12.8. The van der Waals surface area contributed by atoms with Crippen LogP contribution < -0.4 is 10.5 Å². The van der Waals surface area contributed by atoms with Crippen LogP contribution in [0.5, 0.6) is 5.75 Å². The fourth-order valence-corrected chi connectivity index (χ4v) is 3.31. The van der Waals surface area contributed by atoms with Gasteiger partial charge in [-0.2, -0.15) is 0 Å². The van der Waals surface area contributed by atoms with E-state index in [1.54, 1.807) is 16.7 Å². The van der Waals surface area contributed by atoms with Crippen LogP contribution >= 0.6 is 12.4 Å². The molecule has 1 unspecified atom stereocenters. The Morgan fingerprint density at radius 2 is 1.50 bits per heavy atom. The molecule has 2 amide bonds. The summed E-state index contributed by atoms with van der Waals surface area (Å²) >= 11 is 0. The minimum absolute atomic E-state index is 0. The van der Waals surface area contributed by atoms with E-state index in [0.717, 1.165) is 6.42 Å². The van der Waals surface area contributed by atoms with Crippen LogP contribution in [-0.4, -0.2) is 59.9 Å². The van der Waals surface area contributed by atoms with Gasteiger partial charge in [-0.05, 0) is 43.4 Å². The van der Waals surface area contributed by atoms with E-state index in [0.29, 0.717) is 44.3 Å². The number of rotatable bonds is 7. The molecule has 0 aromatic heterocycles. The third-order valence-electron chi connectivity index (χ3n) is 4.94. The van der Waals surface area contributed by atoms with Crippen LogP contribution in [0, 0.1) is 5.92 Å². The van der Waals surface area contributed by atoms with Crippen molar-refractivity contribution in [1.29, 1.82) is 0 Å². The van der Waals surface area contributed by atoms with Gasteiger partial charge in [-0.25, -0.2) is 0 Å². The molecular weight excluding hydrogens is 378 g/mol. The summed E-state index contributed by atoms with van der Waals surface area (Å²) in [4.78, 5) is 28.6. The second kappa shape index (κ2) is 11.3. The number of hydrogen-bond donors (Lipinski definition) is 1. The summed E-state index contributed by atoms with van der Waals surface area (Å²) in [6.45, 7) is 10.1. The molecule has 1 aromatic rings. The Kier molecular flexibility index (Phi) is 9.76. The Balaban J connectivity index is 0.00000392. The number of ether oxygens (including phenoxy) is 1. The highest BCUT2D eigenvalue weighted by Crippen LogP contribution is 2.16. The standard InChI is InChI=1S/C21H33N3O3.ClH/c1-5-17-6-8-18(9-7-17)27-16(4)20(25)23-10-12-24(13-11-23)21(26)19(22)14-15(2)3;/h6-9,15-16,19H,5,10-14,22H2,1-4H3;1H/t16?,19-;/m0./s1. The fraction of sp³-hybridized carbons (Fsp3) is 0.619. The van der Waals surface area contributed by atoms with Crippen molar-refractivity contribution in [2.75, 3.05) is 26.2 Å². The van der Waals surface area contributed by atoms with Crippen molar-refractivity contribution in [3.05, 3.63) is 29.8 Å². The number of benzene rings is 1. The van der Waals surface area contributed by atoms with Gasteiger partial charge in [0.1, 0.15) is 5.75 Å². The summed E-state index contributed by atoms with van der Waals surface area (Å²) in [5.41, 5.74) is 7.24. The molecule has 1 fully saturated rings. The second-order valence-corrected chi connectivity index (χ2v) is 7.64. The molecule has 1 aromatic carbocycles. The summed E-state index contributed by atoms with van der Waals surface area (Å²) in [7, 11) is 0. The molecule has 2 rings (SSSR count). The molecular formula is C21H34ClN3O3. The molecule has 0 bridgehead atoms. The lowest BCUT2D eigenvalue weighted by molar-refractivity contribution is -0.144. The Morgan fingerprint density at radius 1 is 1.00 bits per heavy atom. The molecule has 2 atom stereocenters. The van der Waals surface area contributed by atoms with Crippen molar-refractivity contribution >= 4 is 24.2 Å². The quantitative estimate of drug-likeness (QED) is 0.747. The number of halogens is 1. The zero-order chi connectivity index (χ0) is 20.0. The normalized spacial score (nSPS) is 16.4. The lowest BCUT2D eigenvalue weighted by Gasteiger charge is -2.37. The van der Waals surface area contributed by atoms with Gasteiger partial charge in [-0.15, -0.1) is 12.4 Å². The van der Waals surface area contributed by atoms with Gasteiger partial charge < -0.3 is 20.3 Å². The van der Waals surface area contributed by atoms with E-state index in [-0.39, 0.29) is 24.2 Å². The number of amides is 2. The number of piperazine rings is 1. The van der Waals surface area contributed by atoms with E-state index in [4.69, 9.17) is 10.5 Å². The molecule has 6 nitrogen and oxygen atoms in total. The number of carbonyl (C=O) groups excluding carboxylic acids is 2. The molecule has 1 heterocycles. The first-order valence-corrected chi connectivity index (χ1v) is 9.90. The highest BCUT2D eigenvalue weighted by molar-refractivity contribution is 5.85. The summed E-state index contributed by atoms with van der Waals surface area (Å²) in [5.74, 6) is 1.02. The maximum absolute atomic E-state index is 12.7. The number of aryl methyl sites for hydroxylation is 1. The number of hydrogen-bond acceptors (Lipinski definition) is 4. The fourth-order valence-electron chi connectivity index (χ4n) is 3.31. The topological polar surface area (TPSA) is 75.9 Å². The van der Waals surface area contributed by atoms with Crippen molar-refractivity contribution in [3.8, 4) is 5.75 Å². The molecule has 1 aliphatic heterocycles. The van der Waals surface area contributed by atoms with Crippen LogP contribution in [-0.2, 0) is 16.0 Å². The zero-order valence-corrected chi connectivity index (χ0v) is 18.2. The van der Waals surface area contributed by atoms with Gasteiger partial charge in [0.2, 0.25) is 5.91 Å². The third kappa shape index (κ3) is 6.67. The van der Waals surface area contributed by atoms with Crippen LogP contribution in [0.4, 0.5) is 0 Å². The first kappa shape index (κ1) is 24.2. The third-order valence-corrected chi connectivity index (χ3v) is 4.94. The number of nitrogens with zero attached hydrogens (tertiary/aromatic N) is 2. The Morgan fingerprint density at radius 3 is 1.96 bits per heavy atom. The van der Waals surface area contributed by atoms with E-state index in [9.17, 15) is 9.59 Å². The largest absolute Gasteiger partial charge is 0.481 e. The monoisotopic (exact) mass is 411 g/mol. The predicted molar refractivity (Wildman–Crippen MR) is 114 cm³/mol. The van der Waals surface area contributed by atoms with Crippen LogP contribution in [0.3, 0.4) is 0 Å². The van der Waals surface area contributed by atoms with Crippen molar-refractivity contribution in [2.45, 2.75) is 52.7 Å². The molecule has 28 heavy (non-hydrogen) atoms. The van der Waals surface area contributed by atoms with Gasteiger partial charge in [0.05, 0.1) is 6.04 Å². The van der Waals surface area contributed by atoms with E-state index in [2.05, 4.69) is 20.8 Å². The van der Waals surface area contributed by atoms with Crippen LogP contribution in [0.2, 0.25) is 0 Å². The highest BCUT2D eigenvalue weighted by Gasteiger charge is 2.29. The number of carbonyl (C=O) groups is 2. The zero-order valence-electron chi connectivity index (χ0n) is 17.4. The second-order valence-electron chi connectivity index (χ2n) is 7.64. The van der Waals surface area contributed by atoms with Gasteiger partial charge >= 0.3 is 0 Å². The smallest absolute Gasteiger partial charge is 0.263 e. The molecule has 1 aliphatic rings. The van der Waals surface area contributed by atoms with Crippen molar-refractivity contribution in [1.82, 2.24) is 9.80 Å². The van der Waals surface area contributed by atoms with Crippen LogP contribution in [0.25, 0.3) is 0 Å².